The first-order valence-electron chi connectivity index (χ1n) is 5.46. The number of nitrogens with two attached hydrogens (primary N) is 1. The highest BCUT2D eigenvalue weighted by Gasteiger charge is 2.34. The number of ether oxygens (including phenoxy) is 1. The Labute approximate surface area is 90.8 Å². The Morgan fingerprint density at radius 1 is 1.40 bits per heavy atom. The summed E-state index contributed by atoms with van der Waals surface area (Å²) >= 11 is 0. The smallest absolute Gasteiger partial charge is 0.311 e. The summed E-state index contributed by atoms with van der Waals surface area (Å²) in [5.74, 6) is -0.491. The summed E-state index contributed by atoms with van der Waals surface area (Å²) in [6.45, 7) is 5.52. The van der Waals surface area contributed by atoms with Crippen LogP contribution in [0.25, 0.3) is 0 Å². The summed E-state index contributed by atoms with van der Waals surface area (Å²) in [5.41, 5.74) is 5.36. The molecule has 0 amide bonds. The minimum Gasteiger partial charge on any atom is -0.460 e. The summed E-state index contributed by atoms with van der Waals surface area (Å²) < 4.78 is 5.28. The molecular formula is C11H21NO3. The van der Waals surface area contributed by atoms with Gasteiger partial charge in [0.1, 0.15) is 5.60 Å². The molecule has 4 heteroatoms. The molecule has 1 rings (SSSR count). The molecule has 0 spiro atoms. The Hall–Kier alpha value is -0.610. The van der Waals surface area contributed by atoms with Crippen LogP contribution >= 0.6 is 0 Å². The second kappa shape index (κ2) is 4.49. The Kier molecular flexibility index (Phi) is 3.73. The van der Waals surface area contributed by atoms with Crippen molar-refractivity contribution in [3.8, 4) is 0 Å². The van der Waals surface area contributed by atoms with Crippen LogP contribution in [0.15, 0.2) is 0 Å². The van der Waals surface area contributed by atoms with Crippen LogP contribution in [0.3, 0.4) is 0 Å². The molecule has 0 radical (unpaired) electrons. The van der Waals surface area contributed by atoms with Gasteiger partial charge in [0.2, 0.25) is 0 Å². The lowest BCUT2D eigenvalue weighted by Gasteiger charge is -2.32. The molecule has 88 valence electrons. The van der Waals surface area contributed by atoms with Gasteiger partial charge in [-0.3, -0.25) is 4.79 Å². The number of hydrogen-bond acceptors (Lipinski definition) is 4. The van der Waals surface area contributed by atoms with Crippen LogP contribution in [0.4, 0.5) is 0 Å². The van der Waals surface area contributed by atoms with E-state index >= 15 is 0 Å². The Morgan fingerprint density at radius 3 is 2.47 bits per heavy atom. The lowest BCUT2D eigenvalue weighted by molar-refractivity contribution is -0.162. The van der Waals surface area contributed by atoms with Crippen molar-refractivity contribution in [1.29, 1.82) is 0 Å². The van der Waals surface area contributed by atoms with Gasteiger partial charge < -0.3 is 15.6 Å². The van der Waals surface area contributed by atoms with Crippen molar-refractivity contribution < 1.29 is 14.6 Å². The molecule has 3 atom stereocenters. The Morgan fingerprint density at radius 2 is 2.00 bits per heavy atom. The summed E-state index contributed by atoms with van der Waals surface area (Å²) in [6, 6.07) is -0.274. The van der Waals surface area contributed by atoms with Gasteiger partial charge in [-0.2, -0.15) is 0 Å². The summed E-state index contributed by atoms with van der Waals surface area (Å²) in [5, 5.41) is 9.38. The van der Waals surface area contributed by atoms with Crippen LogP contribution < -0.4 is 5.73 Å². The molecule has 0 unspecified atom stereocenters. The summed E-state index contributed by atoms with van der Waals surface area (Å²) in [6.07, 6.45) is 1.39. The molecular weight excluding hydrogens is 194 g/mol. The third-order valence-corrected chi connectivity index (χ3v) is 2.58. The lowest BCUT2D eigenvalue weighted by Crippen LogP contribution is -2.44. The maximum absolute atomic E-state index is 11.7. The van der Waals surface area contributed by atoms with E-state index in [9.17, 15) is 9.90 Å². The van der Waals surface area contributed by atoms with E-state index in [2.05, 4.69) is 0 Å². The van der Waals surface area contributed by atoms with Crippen molar-refractivity contribution in [3.63, 3.8) is 0 Å². The molecule has 4 nitrogen and oxygen atoms in total. The molecule has 0 aromatic heterocycles. The van der Waals surface area contributed by atoms with E-state index in [1.165, 1.54) is 0 Å². The predicted molar refractivity (Wildman–Crippen MR) is 57.2 cm³/mol. The fourth-order valence-electron chi connectivity index (χ4n) is 1.85. The molecule has 3 N–H and O–H groups in total. The zero-order chi connectivity index (χ0) is 11.6. The fraction of sp³-hybridized carbons (Fsp3) is 0.909. The number of carbonyl (C=O) groups excluding carboxylic acids is 1. The van der Waals surface area contributed by atoms with Crippen molar-refractivity contribution >= 4 is 5.97 Å². The lowest BCUT2D eigenvalue weighted by atomic mass is 9.83. The minimum absolute atomic E-state index is 0.234. The van der Waals surface area contributed by atoms with E-state index in [-0.39, 0.29) is 24.0 Å². The summed E-state index contributed by atoms with van der Waals surface area (Å²) in [4.78, 5) is 11.7. The molecule has 1 aliphatic rings. The van der Waals surface area contributed by atoms with Gasteiger partial charge in [0.25, 0.3) is 0 Å². The van der Waals surface area contributed by atoms with Gasteiger partial charge in [0.05, 0.1) is 12.0 Å². The van der Waals surface area contributed by atoms with Gasteiger partial charge in [-0.15, -0.1) is 0 Å². The van der Waals surface area contributed by atoms with Gasteiger partial charge >= 0.3 is 5.97 Å². The Bertz CT molecular complexity index is 234. The first kappa shape index (κ1) is 12.5. The third-order valence-electron chi connectivity index (χ3n) is 2.58. The number of rotatable bonds is 1. The number of carbonyl (C=O) groups is 1. The van der Waals surface area contributed by atoms with Gasteiger partial charge in [-0.1, -0.05) is 0 Å². The SMILES string of the molecule is CC(C)(C)OC(=O)[C@@H]1CC[C@H](O)C[C@@H]1N. The van der Waals surface area contributed by atoms with Crippen LogP contribution in [0.5, 0.6) is 0 Å². The molecule has 15 heavy (non-hydrogen) atoms. The average molecular weight is 215 g/mol. The predicted octanol–water partition coefficient (Wildman–Crippen LogP) is 0.816. The molecule has 1 fully saturated rings. The van der Waals surface area contributed by atoms with Crippen molar-refractivity contribution in [2.24, 2.45) is 11.7 Å². The first-order valence-corrected chi connectivity index (χ1v) is 5.46. The normalized spacial score (nSPS) is 32.5. The molecule has 1 saturated carbocycles. The average Bonchev–Trinajstić information content (AvgIpc) is 1.99. The number of aliphatic hydroxyl groups is 1. The number of hydrogen-bond donors (Lipinski definition) is 2. The quantitative estimate of drug-likeness (QED) is 0.635. The van der Waals surface area contributed by atoms with Gasteiger partial charge in [-0.25, -0.2) is 0 Å². The highest BCUT2D eigenvalue weighted by molar-refractivity contribution is 5.73. The molecule has 0 saturated heterocycles. The van der Waals surface area contributed by atoms with Crippen molar-refractivity contribution in [3.05, 3.63) is 0 Å². The molecule has 0 heterocycles. The van der Waals surface area contributed by atoms with Crippen LogP contribution in [-0.4, -0.2) is 28.8 Å². The summed E-state index contributed by atoms with van der Waals surface area (Å²) in [7, 11) is 0. The van der Waals surface area contributed by atoms with E-state index in [4.69, 9.17) is 10.5 Å². The molecule has 0 bridgehead atoms. The van der Waals surface area contributed by atoms with Gasteiger partial charge in [0, 0.05) is 6.04 Å². The zero-order valence-electron chi connectivity index (χ0n) is 9.69. The van der Waals surface area contributed by atoms with E-state index in [1.807, 2.05) is 20.8 Å². The highest BCUT2D eigenvalue weighted by Crippen LogP contribution is 2.26. The second-order valence-corrected chi connectivity index (χ2v) is 5.27. The highest BCUT2D eigenvalue weighted by atomic mass is 16.6. The van der Waals surface area contributed by atoms with Crippen molar-refractivity contribution in [1.82, 2.24) is 0 Å². The Balaban J connectivity index is 2.53. The van der Waals surface area contributed by atoms with Gasteiger partial charge in [0.15, 0.2) is 0 Å². The molecule has 0 aromatic rings. The van der Waals surface area contributed by atoms with Crippen LogP contribution in [0.2, 0.25) is 0 Å². The van der Waals surface area contributed by atoms with Crippen LogP contribution in [-0.2, 0) is 9.53 Å². The maximum atomic E-state index is 11.7. The van der Waals surface area contributed by atoms with E-state index in [0.717, 1.165) is 0 Å². The second-order valence-electron chi connectivity index (χ2n) is 5.27. The van der Waals surface area contributed by atoms with Crippen molar-refractivity contribution in [2.45, 2.75) is 57.8 Å². The van der Waals surface area contributed by atoms with Crippen LogP contribution in [0, 0.1) is 5.92 Å². The van der Waals surface area contributed by atoms with Gasteiger partial charge in [-0.05, 0) is 40.0 Å². The fourth-order valence-corrected chi connectivity index (χ4v) is 1.85. The van der Waals surface area contributed by atoms with Crippen molar-refractivity contribution in [2.75, 3.05) is 0 Å². The monoisotopic (exact) mass is 215 g/mol. The standard InChI is InChI=1S/C11H21NO3/c1-11(2,3)15-10(14)8-5-4-7(13)6-9(8)12/h7-9,13H,4-6,12H2,1-3H3/t7-,8+,9-/m0/s1. The van der Waals surface area contributed by atoms with Crippen LogP contribution in [0.1, 0.15) is 40.0 Å². The number of esters is 1. The zero-order valence-corrected chi connectivity index (χ0v) is 9.69. The topological polar surface area (TPSA) is 72.5 Å². The molecule has 0 aromatic carbocycles. The first-order chi connectivity index (χ1) is 6.79. The third kappa shape index (κ3) is 3.80. The minimum atomic E-state index is -0.465. The van der Waals surface area contributed by atoms with E-state index in [0.29, 0.717) is 19.3 Å². The molecule has 0 aliphatic heterocycles. The van der Waals surface area contributed by atoms with E-state index in [1.54, 1.807) is 0 Å². The largest absolute Gasteiger partial charge is 0.460 e. The number of aliphatic hydroxyl groups excluding tert-OH is 1. The molecule has 1 aliphatic carbocycles. The maximum Gasteiger partial charge on any atom is 0.311 e. The van der Waals surface area contributed by atoms with E-state index < -0.39 is 5.60 Å².